The van der Waals surface area contributed by atoms with Crippen LogP contribution in [0, 0.1) is 45.4 Å². The van der Waals surface area contributed by atoms with E-state index in [1.165, 1.54) is 26.3 Å². The molecule has 2 amide bonds. The summed E-state index contributed by atoms with van der Waals surface area (Å²) >= 11 is 12.6. The molecule has 1 atom stereocenters. The summed E-state index contributed by atoms with van der Waals surface area (Å²) in [5, 5.41) is 31.5. The number of ether oxygens (including phenoxy) is 6. The number of amides is 2. The van der Waals surface area contributed by atoms with Crippen LogP contribution in [-0.4, -0.2) is 226 Å². The number of carbonyl (C=O) groups is 4. The van der Waals surface area contributed by atoms with Crippen molar-refractivity contribution in [2.45, 2.75) is 181 Å². The van der Waals surface area contributed by atoms with Crippen molar-refractivity contribution in [2.24, 2.45) is 17.8 Å². The molecule has 2 aliphatic rings. The van der Waals surface area contributed by atoms with Crippen molar-refractivity contribution in [3.05, 3.63) is 61.7 Å². The molecule has 0 saturated carbocycles. The van der Waals surface area contributed by atoms with Gasteiger partial charge in [-0.25, -0.2) is 29.5 Å². The number of hydrogen-bond donors (Lipinski definition) is 5. The van der Waals surface area contributed by atoms with Gasteiger partial charge in [0, 0.05) is 138 Å². The molecule has 27 nitrogen and oxygen atoms in total. The van der Waals surface area contributed by atoms with E-state index in [4.69, 9.17) is 65.6 Å². The van der Waals surface area contributed by atoms with Crippen LogP contribution in [0.1, 0.15) is 151 Å². The number of likely N-dealkylation sites (tertiary alicyclic amines) is 2. The zero-order chi connectivity index (χ0) is 76.2. The second-order valence-electron chi connectivity index (χ2n) is 25.7. The van der Waals surface area contributed by atoms with E-state index in [9.17, 15) is 14.7 Å². The average Bonchev–Trinajstić information content (AvgIpc) is 0.816. The Morgan fingerprint density at radius 2 is 1.14 bits per heavy atom. The number of halogens is 3. The van der Waals surface area contributed by atoms with Crippen molar-refractivity contribution in [1.82, 2.24) is 59.5 Å². The van der Waals surface area contributed by atoms with Crippen LogP contribution in [0.2, 0.25) is 5.15 Å². The monoisotopic (exact) mass is 1700 g/mol. The summed E-state index contributed by atoms with van der Waals surface area (Å²) in [6, 6.07) is 3.83. The topological polar surface area (TPSA) is 331 Å². The Labute approximate surface area is 668 Å². The first-order chi connectivity index (χ1) is 47.0. The van der Waals surface area contributed by atoms with Crippen LogP contribution in [0.3, 0.4) is 0 Å². The van der Waals surface area contributed by atoms with E-state index in [-0.39, 0.29) is 98.3 Å². The Hall–Kier alpha value is -4.12. The van der Waals surface area contributed by atoms with Crippen LogP contribution in [0.15, 0.2) is 34.0 Å². The standard InChI is InChI=1S/C21H28BrN5O4.C19H45N4P.C14H20ClN3O4.C7H9BrN2.C4H9O.2C2H4O2.Na.Pd/c1-12(2)30-21(28)27-8-6-15(7-9-27)31-20-18(29-5)19(23-11-24-20)26-17-13(3)10-16(22)25-14(17)4;1-17(2)14-20-8-9-22(11-10-21(7)15-18(3)4)12-13-23(24)16-19(5)6;1-9(2)21-14(19)18-6-4-10(5-7-18)22-13-11(20-3)12(15)16-8-17-13;1-4-3-6(8)10-5(2)7(4)9;1-2-3-4-5;2*1-2(3)4;;/h10-12,15H,6-9H2,1-5H3,(H,23,24,26);17-20H,8-16,24H2,1-7H3;8-10H,4-7H2,1-3H3;3H,9H2,1-2H3;2-4H2,1H3;2*1H3,(H,3,4);;/q;;;;-1;;;+1;. The van der Waals surface area contributed by atoms with Crippen molar-refractivity contribution < 1.29 is 113 Å². The fraction of sp³-hybridized carbons (Fsp3) is 0.681. The van der Waals surface area contributed by atoms with Crippen LogP contribution < -0.4 is 70.0 Å². The molecule has 6 N–H and O–H groups in total. The molecule has 0 radical (unpaired) electrons. The number of pyridine rings is 2. The van der Waals surface area contributed by atoms with E-state index in [0.717, 1.165) is 140 Å². The van der Waals surface area contributed by atoms with E-state index in [2.05, 4.69) is 145 Å². The molecule has 0 bridgehead atoms. The third-order valence-corrected chi connectivity index (χ3v) is 15.6. The Balaban J connectivity index is -0.00000125. The zero-order valence-electron chi connectivity index (χ0n) is 64.4. The number of rotatable bonds is 27. The normalized spacial score (nSPS) is 12.7. The fourth-order valence-electron chi connectivity index (χ4n) is 9.34. The van der Waals surface area contributed by atoms with Crippen molar-refractivity contribution in [3.63, 3.8) is 0 Å². The van der Waals surface area contributed by atoms with Crippen LogP contribution in [0.25, 0.3) is 0 Å². The molecule has 2 fully saturated rings. The number of carboxylic acid groups (broad SMARTS) is 2. The molecule has 1 unspecified atom stereocenters. The number of hydrogen-bond acceptors (Lipinski definition) is 23. The number of aromatic nitrogens is 6. The van der Waals surface area contributed by atoms with Crippen LogP contribution >= 0.6 is 52.9 Å². The minimum atomic E-state index is -0.833. The fourth-order valence-corrected chi connectivity index (χ4v) is 11.3. The quantitative estimate of drug-likeness (QED) is 0.0122. The van der Waals surface area contributed by atoms with Gasteiger partial charge in [0.15, 0.2) is 11.0 Å². The third kappa shape index (κ3) is 47.4. The first-order valence-corrected chi connectivity index (χ1v) is 36.5. The Kier molecular flexibility index (Phi) is 58.1. The molecule has 0 aliphatic carbocycles. The number of piperidine rings is 2. The predicted molar refractivity (Wildman–Crippen MR) is 405 cm³/mol. The summed E-state index contributed by atoms with van der Waals surface area (Å²) < 4.78 is 37.1. The van der Waals surface area contributed by atoms with Crippen LogP contribution in [-0.2, 0) is 39.5 Å². The van der Waals surface area contributed by atoms with Crippen molar-refractivity contribution in [2.75, 3.05) is 124 Å². The summed E-state index contributed by atoms with van der Waals surface area (Å²) in [5.74, 6) is 2.46. The molecule has 4 aromatic heterocycles. The summed E-state index contributed by atoms with van der Waals surface area (Å²) in [5.41, 5.74) is 11.1. The molecule has 2 saturated heterocycles. The number of nitrogens with two attached hydrogens (primary N) is 1. The molecule has 102 heavy (non-hydrogen) atoms. The maximum atomic E-state index is 12.1. The molecule has 580 valence electrons. The van der Waals surface area contributed by atoms with Gasteiger partial charge in [0.25, 0.3) is 23.7 Å². The number of aliphatic carboxylic acids is 2. The largest absolute Gasteiger partial charge is 1.00 e. The minimum absolute atomic E-state index is 0. The van der Waals surface area contributed by atoms with Crippen molar-refractivity contribution in [3.8, 4) is 23.3 Å². The molecular weight excluding hydrogens is 1590 g/mol. The number of aryl methyl sites for hydroxylation is 4. The SMILES string of the molecule is CC(=O)O.CC(=O)O.CC(C)CNCCN(CCN(C)CC(C)C)CCN(P)CC(C)C.CCCC[O-].COc1c(Cl)ncnc1OC1CCN(C(=O)OC(C)C)CC1.COc1c(Nc2c(C)cc(Br)nc2C)ncnc1OC1CCN(C(=O)OC(C)C)CC1.Cc1cc(Br)nc(C)c1N.[Na+].[Pd]. The molecule has 4 aromatic rings. The Bertz CT molecular complexity index is 2880. The third-order valence-electron chi connectivity index (χ3n) is 14.0. The van der Waals surface area contributed by atoms with Gasteiger partial charge in [-0.2, -0.15) is 9.97 Å². The summed E-state index contributed by atoms with van der Waals surface area (Å²) in [4.78, 5) is 75.4. The number of likely N-dealkylation sites (N-methyl/N-ethyl adjacent to an activating group) is 1. The number of nitrogen functional groups attached to an aromatic ring is 1. The first kappa shape index (κ1) is 102. The number of carbonyl (C=O) groups excluding carboxylic acids is 2. The van der Waals surface area contributed by atoms with Gasteiger partial charge in [-0.1, -0.05) is 82.3 Å². The second kappa shape index (κ2) is 58.0. The van der Waals surface area contributed by atoms with Crippen molar-refractivity contribution >= 4 is 94.2 Å². The number of unbranched alkanes of at least 4 members (excludes halogenated alkanes) is 1. The summed E-state index contributed by atoms with van der Waals surface area (Å²) in [6.07, 6.45) is 6.42. The van der Waals surface area contributed by atoms with Gasteiger partial charge in [-0.3, -0.25) is 19.2 Å². The van der Waals surface area contributed by atoms with Gasteiger partial charge in [-0.05, 0) is 142 Å². The molecule has 6 heterocycles. The Morgan fingerprint density at radius 1 is 0.696 bits per heavy atom. The van der Waals surface area contributed by atoms with Gasteiger partial charge in [0.05, 0.1) is 49.2 Å². The summed E-state index contributed by atoms with van der Waals surface area (Å²) in [6.45, 7) is 45.6. The van der Waals surface area contributed by atoms with Gasteiger partial charge in [0.1, 0.15) is 34.1 Å². The average molecular weight is 1710 g/mol. The molecule has 2 aliphatic heterocycles. The number of anilines is 3. The summed E-state index contributed by atoms with van der Waals surface area (Å²) in [7, 11) is 8.19. The second-order valence-corrected chi connectivity index (χ2v) is 28.4. The maximum absolute atomic E-state index is 12.1. The first-order valence-electron chi connectivity index (χ1n) is 34.0. The van der Waals surface area contributed by atoms with Crippen LogP contribution in [0.4, 0.5) is 26.8 Å². The molecule has 33 heteroatoms. The van der Waals surface area contributed by atoms with E-state index in [1.54, 1.807) is 16.9 Å². The predicted octanol–water partition coefficient (Wildman–Crippen LogP) is 9.16. The number of carboxylic acids is 2. The van der Waals surface area contributed by atoms with E-state index >= 15 is 0 Å². The number of nitrogens with one attached hydrogen (secondary N) is 2. The number of nitrogens with zero attached hydrogens (tertiary/aromatic N) is 11. The Morgan fingerprint density at radius 3 is 1.54 bits per heavy atom. The number of methoxy groups -OCH3 is 2. The minimum Gasteiger partial charge on any atom is -0.854 e. The molecular formula is C69H119Br2ClN14NaO13PPd. The van der Waals surface area contributed by atoms with E-state index < -0.39 is 11.9 Å². The molecule has 6 rings (SSSR count). The van der Waals surface area contributed by atoms with Gasteiger partial charge < -0.3 is 74.8 Å². The van der Waals surface area contributed by atoms with E-state index in [1.807, 2.05) is 74.4 Å². The van der Waals surface area contributed by atoms with Gasteiger partial charge >= 0.3 is 41.7 Å². The smallest absolute Gasteiger partial charge is 0.854 e. The molecule has 0 spiro atoms. The maximum Gasteiger partial charge on any atom is 1.00 e. The van der Waals surface area contributed by atoms with Crippen molar-refractivity contribution in [1.29, 1.82) is 0 Å². The van der Waals surface area contributed by atoms with Gasteiger partial charge in [-0.15, -0.1) is 6.61 Å². The van der Waals surface area contributed by atoms with Crippen LogP contribution in [0.5, 0.6) is 23.3 Å². The van der Waals surface area contributed by atoms with E-state index in [0.29, 0.717) is 80.9 Å². The molecule has 0 aromatic carbocycles. The van der Waals surface area contributed by atoms with Gasteiger partial charge in [0.2, 0.25) is 11.5 Å². The zero-order valence-corrected chi connectivity index (χ0v) is 73.0.